The summed E-state index contributed by atoms with van der Waals surface area (Å²) in [6, 6.07) is 15.5. The first-order valence-corrected chi connectivity index (χ1v) is 7.34. The zero-order chi connectivity index (χ0) is 15.4. The number of hydrazone groups is 1. The minimum absolute atomic E-state index is 0.0318. The zero-order valence-corrected chi connectivity index (χ0v) is 12.2. The van der Waals surface area contributed by atoms with Gasteiger partial charge in [0.2, 0.25) is 11.0 Å². The van der Waals surface area contributed by atoms with Crippen LogP contribution in [0.25, 0.3) is 10.4 Å². The number of halogens is 1. The molecule has 6 heteroatoms. The summed E-state index contributed by atoms with van der Waals surface area (Å²) < 4.78 is 12.8. The molecular weight excluding hydrogens is 301 g/mol. The van der Waals surface area contributed by atoms with E-state index in [-0.39, 0.29) is 11.7 Å². The Morgan fingerprint density at radius 1 is 1.09 bits per heavy atom. The normalized spacial score (nSPS) is 11.0. The number of hydrogen-bond donors (Lipinski definition) is 2. The zero-order valence-electron chi connectivity index (χ0n) is 11.4. The van der Waals surface area contributed by atoms with Crippen LogP contribution in [0.5, 0.6) is 5.88 Å². The molecule has 0 fully saturated rings. The predicted molar refractivity (Wildman–Crippen MR) is 86.8 cm³/mol. The van der Waals surface area contributed by atoms with E-state index in [1.165, 1.54) is 23.5 Å². The van der Waals surface area contributed by atoms with E-state index in [9.17, 15) is 9.50 Å². The van der Waals surface area contributed by atoms with E-state index < -0.39 is 0 Å². The van der Waals surface area contributed by atoms with E-state index in [1.54, 1.807) is 18.3 Å². The van der Waals surface area contributed by atoms with E-state index in [2.05, 4.69) is 15.5 Å². The molecule has 0 bridgehead atoms. The maximum atomic E-state index is 12.8. The Bertz CT molecular complexity index is 785. The Morgan fingerprint density at radius 3 is 2.55 bits per heavy atom. The summed E-state index contributed by atoms with van der Waals surface area (Å²) in [5, 5.41) is 14.4. The highest BCUT2D eigenvalue weighted by Crippen LogP contribution is 2.37. The first kappa shape index (κ1) is 14.2. The number of thiazole rings is 1. The van der Waals surface area contributed by atoms with Gasteiger partial charge in [-0.2, -0.15) is 10.1 Å². The maximum absolute atomic E-state index is 12.8. The molecule has 2 aromatic carbocycles. The fourth-order valence-corrected chi connectivity index (χ4v) is 2.66. The van der Waals surface area contributed by atoms with Crippen LogP contribution >= 0.6 is 11.3 Å². The van der Waals surface area contributed by atoms with Gasteiger partial charge in [0, 0.05) is 0 Å². The maximum Gasteiger partial charge on any atom is 0.232 e. The Kier molecular flexibility index (Phi) is 4.11. The fourth-order valence-electron chi connectivity index (χ4n) is 1.85. The van der Waals surface area contributed by atoms with Crippen LogP contribution in [0.3, 0.4) is 0 Å². The first-order valence-electron chi connectivity index (χ1n) is 6.52. The number of aromatic hydroxyl groups is 1. The molecule has 0 aliphatic rings. The van der Waals surface area contributed by atoms with Crippen LogP contribution in [0.2, 0.25) is 0 Å². The quantitative estimate of drug-likeness (QED) is 0.563. The SMILES string of the molecule is Oc1nc(NN=Cc2ccc(F)cc2)sc1-c1ccccc1. The van der Waals surface area contributed by atoms with Gasteiger partial charge < -0.3 is 5.11 Å². The largest absolute Gasteiger partial charge is 0.492 e. The number of hydrogen-bond acceptors (Lipinski definition) is 5. The molecule has 1 aromatic heterocycles. The van der Waals surface area contributed by atoms with Crippen LogP contribution in [0.15, 0.2) is 59.7 Å². The second kappa shape index (κ2) is 6.36. The first-order chi connectivity index (χ1) is 10.7. The lowest BCUT2D eigenvalue weighted by Gasteiger charge is -1.95. The smallest absolute Gasteiger partial charge is 0.232 e. The molecule has 0 radical (unpaired) electrons. The van der Waals surface area contributed by atoms with E-state index in [1.807, 2.05) is 30.3 Å². The number of rotatable bonds is 4. The average molecular weight is 313 g/mol. The molecule has 0 unspecified atom stereocenters. The van der Waals surface area contributed by atoms with Crippen molar-refractivity contribution in [1.82, 2.24) is 4.98 Å². The van der Waals surface area contributed by atoms with Gasteiger partial charge in [-0.25, -0.2) is 4.39 Å². The van der Waals surface area contributed by atoms with Crippen LogP contribution in [-0.4, -0.2) is 16.3 Å². The summed E-state index contributed by atoms with van der Waals surface area (Å²) in [4.78, 5) is 4.70. The van der Waals surface area contributed by atoms with Gasteiger partial charge in [0.25, 0.3) is 0 Å². The molecule has 0 aliphatic carbocycles. The Morgan fingerprint density at radius 2 is 1.82 bits per heavy atom. The van der Waals surface area contributed by atoms with Crippen molar-refractivity contribution < 1.29 is 9.50 Å². The third kappa shape index (κ3) is 3.29. The third-order valence-corrected chi connectivity index (χ3v) is 3.89. The molecule has 3 rings (SSSR count). The molecule has 4 nitrogen and oxygen atoms in total. The fraction of sp³-hybridized carbons (Fsp3) is 0. The van der Waals surface area contributed by atoms with Crippen LogP contribution in [0, 0.1) is 5.82 Å². The van der Waals surface area contributed by atoms with Gasteiger partial charge in [-0.15, -0.1) is 0 Å². The van der Waals surface area contributed by atoms with Crippen molar-refractivity contribution in [3.63, 3.8) is 0 Å². The van der Waals surface area contributed by atoms with E-state index in [4.69, 9.17) is 0 Å². The van der Waals surface area contributed by atoms with Crippen molar-refractivity contribution in [2.45, 2.75) is 0 Å². The van der Waals surface area contributed by atoms with Crippen molar-refractivity contribution >= 4 is 22.7 Å². The standard InChI is InChI=1S/C16H12FN3OS/c17-13-8-6-11(7-9-13)10-18-20-16-19-15(21)14(22-16)12-4-2-1-3-5-12/h1-10,21H,(H,19,20). The molecule has 1 heterocycles. The minimum atomic E-state index is -0.289. The summed E-state index contributed by atoms with van der Waals surface area (Å²) in [5.74, 6) is -0.321. The molecule has 0 amide bonds. The molecular formula is C16H12FN3OS. The van der Waals surface area contributed by atoms with Gasteiger partial charge in [0.1, 0.15) is 5.82 Å². The van der Waals surface area contributed by atoms with Gasteiger partial charge in [-0.3, -0.25) is 5.43 Å². The highest BCUT2D eigenvalue weighted by molar-refractivity contribution is 7.19. The number of anilines is 1. The van der Waals surface area contributed by atoms with Crippen LogP contribution in [-0.2, 0) is 0 Å². The Labute approximate surface area is 130 Å². The van der Waals surface area contributed by atoms with Gasteiger partial charge in [-0.05, 0) is 23.3 Å². The lowest BCUT2D eigenvalue weighted by atomic mass is 10.2. The molecule has 22 heavy (non-hydrogen) atoms. The van der Waals surface area contributed by atoms with Gasteiger partial charge in [0.05, 0.1) is 11.1 Å². The van der Waals surface area contributed by atoms with Crippen molar-refractivity contribution in [1.29, 1.82) is 0 Å². The lowest BCUT2D eigenvalue weighted by Crippen LogP contribution is -1.89. The van der Waals surface area contributed by atoms with Crippen LogP contribution in [0.1, 0.15) is 5.56 Å². The van der Waals surface area contributed by atoms with Gasteiger partial charge in [-0.1, -0.05) is 53.8 Å². The lowest BCUT2D eigenvalue weighted by molar-refractivity contribution is 0.459. The monoisotopic (exact) mass is 313 g/mol. The summed E-state index contributed by atoms with van der Waals surface area (Å²) >= 11 is 1.30. The second-order valence-corrected chi connectivity index (χ2v) is 5.46. The van der Waals surface area contributed by atoms with Crippen molar-refractivity contribution in [3.8, 4) is 16.3 Å². The van der Waals surface area contributed by atoms with Gasteiger partial charge >= 0.3 is 0 Å². The van der Waals surface area contributed by atoms with Crippen LogP contribution in [0.4, 0.5) is 9.52 Å². The number of aromatic nitrogens is 1. The van der Waals surface area contributed by atoms with E-state index >= 15 is 0 Å². The molecule has 110 valence electrons. The minimum Gasteiger partial charge on any atom is -0.492 e. The molecule has 2 N–H and O–H groups in total. The third-order valence-electron chi connectivity index (χ3n) is 2.89. The molecule has 0 spiro atoms. The second-order valence-electron chi connectivity index (χ2n) is 4.46. The Hall–Kier alpha value is -2.73. The molecule has 0 saturated carbocycles. The van der Waals surface area contributed by atoms with Crippen LogP contribution < -0.4 is 5.43 Å². The highest BCUT2D eigenvalue weighted by Gasteiger charge is 2.11. The Balaban J connectivity index is 1.73. The summed E-state index contributed by atoms with van der Waals surface area (Å²) in [6.07, 6.45) is 1.56. The number of nitrogens with one attached hydrogen (secondary N) is 1. The molecule has 3 aromatic rings. The highest BCUT2D eigenvalue weighted by atomic mass is 32.1. The average Bonchev–Trinajstić information content (AvgIpc) is 2.91. The van der Waals surface area contributed by atoms with E-state index in [0.717, 1.165) is 11.1 Å². The summed E-state index contributed by atoms with van der Waals surface area (Å²) in [5.41, 5.74) is 4.42. The molecule has 0 saturated heterocycles. The molecule has 0 aliphatic heterocycles. The van der Waals surface area contributed by atoms with Gasteiger partial charge in [0.15, 0.2) is 0 Å². The van der Waals surface area contributed by atoms with E-state index in [0.29, 0.717) is 10.0 Å². The number of benzene rings is 2. The topological polar surface area (TPSA) is 57.5 Å². The summed E-state index contributed by atoms with van der Waals surface area (Å²) in [7, 11) is 0. The summed E-state index contributed by atoms with van der Waals surface area (Å²) in [6.45, 7) is 0. The van der Waals surface area contributed by atoms with Crippen molar-refractivity contribution in [2.75, 3.05) is 5.43 Å². The number of nitrogens with zero attached hydrogens (tertiary/aromatic N) is 2. The molecule has 0 atom stereocenters. The van der Waals surface area contributed by atoms with Crippen molar-refractivity contribution in [2.24, 2.45) is 5.10 Å². The van der Waals surface area contributed by atoms with Crippen molar-refractivity contribution in [3.05, 3.63) is 66.0 Å². The predicted octanol–water partition coefficient (Wildman–Crippen LogP) is 4.10.